The molecule has 1 fully saturated rings. The van der Waals surface area contributed by atoms with Gasteiger partial charge in [0, 0.05) is 22.6 Å². The molecule has 0 aliphatic heterocycles. The quantitative estimate of drug-likeness (QED) is 0.589. The topological polar surface area (TPSA) is 49.4 Å². The Kier molecular flexibility index (Phi) is 8.17. The summed E-state index contributed by atoms with van der Waals surface area (Å²) in [5.41, 5.74) is 1.69. The number of rotatable bonds is 8. The van der Waals surface area contributed by atoms with Crippen LogP contribution in [0.5, 0.6) is 0 Å². The van der Waals surface area contributed by atoms with Crippen LogP contribution >= 0.6 is 23.2 Å². The van der Waals surface area contributed by atoms with Gasteiger partial charge in [-0.05, 0) is 48.6 Å². The molecule has 0 spiro atoms. The number of halogens is 2. The minimum atomic E-state index is -0.531. The Morgan fingerprint density at radius 2 is 1.73 bits per heavy atom. The van der Waals surface area contributed by atoms with E-state index in [1.165, 1.54) is 0 Å². The average Bonchev–Trinajstić information content (AvgIpc) is 3.24. The fourth-order valence-corrected chi connectivity index (χ4v) is 4.31. The Hall–Kier alpha value is -2.04. The zero-order valence-electron chi connectivity index (χ0n) is 17.2. The first-order valence-corrected chi connectivity index (χ1v) is 11.3. The van der Waals surface area contributed by atoms with Gasteiger partial charge in [0.15, 0.2) is 0 Å². The minimum Gasteiger partial charge on any atom is -0.352 e. The SMILES string of the molecule is CC[C@@H](C(=O)NC1CCCC1)N(Cc1ccc(Cl)cc1)C(=O)Cc1ccccc1Cl. The summed E-state index contributed by atoms with van der Waals surface area (Å²) in [4.78, 5) is 28.1. The van der Waals surface area contributed by atoms with Crippen molar-refractivity contribution in [2.75, 3.05) is 0 Å². The predicted molar refractivity (Wildman–Crippen MR) is 122 cm³/mol. The van der Waals surface area contributed by atoms with Gasteiger partial charge < -0.3 is 10.2 Å². The molecule has 1 atom stereocenters. The van der Waals surface area contributed by atoms with E-state index in [0.717, 1.165) is 36.8 Å². The zero-order valence-corrected chi connectivity index (χ0v) is 18.8. The molecule has 0 saturated heterocycles. The summed E-state index contributed by atoms with van der Waals surface area (Å²) in [6, 6.07) is 14.4. The van der Waals surface area contributed by atoms with E-state index >= 15 is 0 Å². The van der Waals surface area contributed by atoms with Gasteiger partial charge in [-0.15, -0.1) is 0 Å². The number of hydrogen-bond donors (Lipinski definition) is 1. The minimum absolute atomic E-state index is 0.0779. The van der Waals surface area contributed by atoms with E-state index in [-0.39, 0.29) is 24.3 Å². The lowest BCUT2D eigenvalue weighted by molar-refractivity contribution is -0.141. The van der Waals surface area contributed by atoms with Crippen LogP contribution in [0.3, 0.4) is 0 Å². The molecule has 0 heterocycles. The monoisotopic (exact) mass is 446 g/mol. The maximum atomic E-state index is 13.3. The number of nitrogens with zero attached hydrogens (tertiary/aromatic N) is 1. The molecule has 0 bridgehead atoms. The van der Waals surface area contributed by atoms with Gasteiger partial charge >= 0.3 is 0 Å². The average molecular weight is 447 g/mol. The molecular formula is C24H28Cl2N2O2. The molecule has 1 aliphatic rings. The molecule has 2 amide bonds. The largest absolute Gasteiger partial charge is 0.352 e. The number of benzene rings is 2. The van der Waals surface area contributed by atoms with Crippen LogP contribution in [-0.2, 0) is 22.6 Å². The summed E-state index contributed by atoms with van der Waals surface area (Å²) in [5.74, 6) is -0.197. The van der Waals surface area contributed by atoms with Crippen molar-refractivity contribution < 1.29 is 9.59 Å². The highest BCUT2D eigenvalue weighted by molar-refractivity contribution is 6.31. The van der Waals surface area contributed by atoms with Crippen LogP contribution in [0.25, 0.3) is 0 Å². The zero-order chi connectivity index (χ0) is 21.5. The van der Waals surface area contributed by atoms with Gasteiger partial charge in [0.1, 0.15) is 6.04 Å². The predicted octanol–water partition coefficient (Wildman–Crippen LogP) is 5.40. The summed E-state index contributed by atoms with van der Waals surface area (Å²) >= 11 is 12.3. The van der Waals surface area contributed by atoms with Crippen molar-refractivity contribution in [3.63, 3.8) is 0 Å². The van der Waals surface area contributed by atoms with E-state index < -0.39 is 6.04 Å². The highest BCUT2D eigenvalue weighted by Crippen LogP contribution is 2.22. The second-order valence-electron chi connectivity index (χ2n) is 7.83. The summed E-state index contributed by atoms with van der Waals surface area (Å²) in [6.45, 7) is 2.29. The maximum Gasteiger partial charge on any atom is 0.243 e. The van der Waals surface area contributed by atoms with Crippen LogP contribution in [0.4, 0.5) is 0 Å². The molecule has 160 valence electrons. The normalized spacial score (nSPS) is 15.0. The number of nitrogens with one attached hydrogen (secondary N) is 1. The maximum absolute atomic E-state index is 13.3. The van der Waals surface area contributed by atoms with Gasteiger partial charge in [0.05, 0.1) is 6.42 Å². The van der Waals surface area contributed by atoms with Crippen LogP contribution in [0.2, 0.25) is 10.0 Å². The highest BCUT2D eigenvalue weighted by Gasteiger charge is 2.30. The Balaban J connectivity index is 1.82. The smallest absolute Gasteiger partial charge is 0.243 e. The second kappa shape index (κ2) is 10.8. The van der Waals surface area contributed by atoms with Crippen LogP contribution < -0.4 is 5.32 Å². The van der Waals surface area contributed by atoms with E-state index in [1.54, 1.807) is 23.1 Å². The third-order valence-electron chi connectivity index (χ3n) is 5.65. The standard InChI is InChI=1S/C24H28Cl2N2O2/c1-2-22(24(30)27-20-8-4-5-9-20)28(16-17-11-13-19(25)14-12-17)23(29)15-18-7-3-6-10-21(18)26/h3,6-7,10-14,20,22H,2,4-5,8-9,15-16H2,1H3,(H,27,30)/t22-/m0/s1. The van der Waals surface area contributed by atoms with Gasteiger partial charge in [-0.2, -0.15) is 0 Å². The molecule has 0 aromatic heterocycles. The van der Waals surface area contributed by atoms with Crippen molar-refractivity contribution in [3.8, 4) is 0 Å². The van der Waals surface area contributed by atoms with Gasteiger partial charge in [-0.1, -0.05) is 73.3 Å². The number of carbonyl (C=O) groups excluding carboxylic acids is 2. The number of hydrogen-bond acceptors (Lipinski definition) is 2. The van der Waals surface area contributed by atoms with Crippen molar-refractivity contribution >= 4 is 35.0 Å². The first-order valence-electron chi connectivity index (χ1n) is 10.6. The van der Waals surface area contributed by atoms with Crippen molar-refractivity contribution in [1.29, 1.82) is 0 Å². The fraction of sp³-hybridized carbons (Fsp3) is 0.417. The Morgan fingerprint density at radius 3 is 2.37 bits per heavy atom. The number of carbonyl (C=O) groups is 2. The molecular weight excluding hydrogens is 419 g/mol. The van der Waals surface area contributed by atoms with Crippen molar-refractivity contribution in [2.24, 2.45) is 0 Å². The summed E-state index contributed by atoms with van der Waals surface area (Å²) in [5, 5.41) is 4.35. The summed E-state index contributed by atoms with van der Waals surface area (Å²) in [6.07, 6.45) is 4.99. The van der Waals surface area contributed by atoms with Crippen LogP contribution in [0, 0.1) is 0 Å². The molecule has 30 heavy (non-hydrogen) atoms. The molecule has 0 radical (unpaired) electrons. The van der Waals surface area contributed by atoms with Crippen molar-refractivity contribution in [2.45, 2.75) is 64.1 Å². The number of amides is 2. The molecule has 2 aromatic rings. The first kappa shape index (κ1) is 22.6. The van der Waals surface area contributed by atoms with Gasteiger partial charge in [0.2, 0.25) is 11.8 Å². The first-order chi connectivity index (χ1) is 14.5. The fourth-order valence-electron chi connectivity index (χ4n) is 3.98. The molecule has 1 saturated carbocycles. The summed E-state index contributed by atoms with van der Waals surface area (Å²) in [7, 11) is 0. The third-order valence-corrected chi connectivity index (χ3v) is 6.27. The Bertz CT molecular complexity index is 864. The molecule has 4 nitrogen and oxygen atoms in total. The van der Waals surface area contributed by atoms with Crippen LogP contribution in [0.15, 0.2) is 48.5 Å². The lowest BCUT2D eigenvalue weighted by atomic mass is 10.1. The molecule has 6 heteroatoms. The van der Waals surface area contributed by atoms with E-state index in [4.69, 9.17) is 23.2 Å². The van der Waals surface area contributed by atoms with E-state index in [9.17, 15) is 9.59 Å². The van der Waals surface area contributed by atoms with E-state index in [1.807, 2.05) is 37.3 Å². The van der Waals surface area contributed by atoms with Crippen LogP contribution in [-0.4, -0.2) is 28.8 Å². The Labute approximate surface area is 188 Å². The van der Waals surface area contributed by atoms with E-state index in [0.29, 0.717) is 23.0 Å². The summed E-state index contributed by atoms with van der Waals surface area (Å²) < 4.78 is 0. The molecule has 2 aromatic carbocycles. The highest BCUT2D eigenvalue weighted by atomic mass is 35.5. The molecule has 1 N–H and O–H groups in total. The van der Waals surface area contributed by atoms with Crippen molar-refractivity contribution in [1.82, 2.24) is 10.2 Å². The Morgan fingerprint density at radius 1 is 1.07 bits per heavy atom. The molecule has 3 rings (SSSR count). The van der Waals surface area contributed by atoms with Gasteiger partial charge in [-0.25, -0.2) is 0 Å². The lowest BCUT2D eigenvalue weighted by Crippen LogP contribution is -2.51. The van der Waals surface area contributed by atoms with Crippen LogP contribution in [0.1, 0.15) is 50.2 Å². The lowest BCUT2D eigenvalue weighted by Gasteiger charge is -2.31. The van der Waals surface area contributed by atoms with Gasteiger partial charge in [-0.3, -0.25) is 9.59 Å². The molecule has 1 aliphatic carbocycles. The van der Waals surface area contributed by atoms with Crippen molar-refractivity contribution in [3.05, 3.63) is 69.7 Å². The second-order valence-corrected chi connectivity index (χ2v) is 8.67. The van der Waals surface area contributed by atoms with Gasteiger partial charge in [0.25, 0.3) is 0 Å². The molecule has 0 unspecified atom stereocenters. The third kappa shape index (κ3) is 5.99. The van der Waals surface area contributed by atoms with E-state index in [2.05, 4.69) is 5.32 Å².